The second-order valence-corrected chi connectivity index (χ2v) is 5.84. The van der Waals surface area contributed by atoms with Gasteiger partial charge in [0.15, 0.2) is 0 Å². The van der Waals surface area contributed by atoms with Crippen LogP contribution < -0.4 is 20.7 Å². The number of aromatic amines is 1. The Bertz CT molecular complexity index is 876. The summed E-state index contributed by atoms with van der Waals surface area (Å²) in [5.74, 6) is 0.706. The maximum absolute atomic E-state index is 12.3. The number of rotatable bonds is 6. The molecule has 1 fully saturated rings. The Labute approximate surface area is 148 Å². The highest BCUT2D eigenvalue weighted by Crippen LogP contribution is 2.18. The topological polar surface area (TPSA) is 119 Å². The zero-order valence-electron chi connectivity index (χ0n) is 14.3. The number of nitrogens with one attached hydrogen (secondary N) is 1. The SMILES string of the molecule is COc1ccc(OC2CCN(C(=O)CCn3ccc(=O)[nH]c3=O)C2)nn1. The summed E-state index contributed by atoms with van der Waals surface area (Å²) in [5.41, 5.74) is -0.982. The average molecular weight is 361 g/mol. The van der Waals surface area contributed by atoms with Crippen LogP contribution >= 0.6 is 0 Å². The van der Waals surface area contributed by atoms with Gasteiger partial charge in [-0.3, -0.25) is 14.6 Å². The largest absolute Gasteiger partial charge is 0.480 e. The molecule has 3 rings (SSSR count). The zero-order chi connectivity index (χ0) is 18.5. The number of H-pyrrole nitrogens is 1. The number of hydrogen-bond donors (Lipinski definition) is 1. The lowest BCUT2D eigenvalue weighted by molar-refractivity contribution is -0.130. The predicted octanol–water partition coefficient (Wildman–Crippen LogP) is -0.595. The number of likely N-dealkylation sites (tertiary alicyclic amines) is 1. The first kappa shape index (κ1) is 17.6. The van der Waals surface area contributed by atoms with E-state index in [0.29, 0.717) is 31.3 Å². The molecule has 1 aliphatic rings. The van der Waals surface area contributed by atoms with Gasteiger partial charge < -0.3 is 18.9 Å². The van der Waals surface area contributed by atoms with Crippen LogP contribution in [0.25, 0.3) is 0 Å². The fourth-order valence-electron chi connectivity index (χ4n) is 2.70. The Balaban J connectivity index is 1.50. The molecular formula is C16H19N5O5. The molecule has 1 amide bonds. The molecule has 2 aromatic heterocycles. The molecule has 0 aliphatic carbocycles. The third-order valence-corrected chi connectivity index (χ3v) is 4.07. The lowest BCUT2D eigenvalue weighted by Crippen LogP contribution is -2.34. The van der Waals surface area contributed by atoms with E-state index in [9.17, 15) is 14.4 Å². The van der Waals surface area contributed by atoms with E-state index in [1.54, 1.807) is 17.0 Å². The van der Waals surface area contributed by atoms with E-state index >= 15 is 0 Å². The van der Waals surface area contributed by atoms with Crippen molar-refractivity contribution >= 4 is 5.91 Å². The molecule has 0 bridgehead atoms. The fourth-order valence-corrected chi connectivity index (χ4v) is 2.70. The molecule has 138 valence electrons. The fraction of sp³-hybridized carbons (Fsp3) is 0.438. The number of nitrogens with zero attached hydrogens (tertiary/aromatic N) is 4. The molecule has 2 aromatic rings. The number of amides is 1. The summed E-state index contributed by atoms with van der Waals surface area (Å²) < 4.78 is 12.0. The number of hydrogen-bond acceptors (Lipinski definition) is 7. The molecule has 0 aromatic carbocycles. The van der Waals surface area contributed by atoms with Crippen molar-refractivity contribution in [3.63, 3.8) is 0 Å². The van der Waals surface area contributed by atoms with Gasteiger partial charge in [0.1, 0.15) is 6.10 Å². The number of methoxy groups -OCH3 is 1. The van der Waals surface area contributed by atoms with E-state index in [4.69, 9.17) is 9.47 Å². The quantitative estimate of drug-likeness (QED) is 0.730. The van der Waals surface area contributed by atoms with Gasteiger partial charge in [0.05, 0.1) is 13.7 Å². The van der Waals surface area contributed by atoms with Crippen LogP contribution in [0.2, 0.25) is 0 Å². The van der Waals surface area contributed by atoms with Gasteiger partial charge in [-0.2, -0.15) is 0 Å². The first-order valence-corrected chi connectivity index (χ1v) is 8.17. The average Bonchev–Trinajstić information content (AvgIpc) is 3.10. The van der Waals surface area contributed by atoms with Crippen LogP contribution in [0.4, 0.5) is 0 Å². The monoisotopic (exact) mass is 361 g/mol. The van der Waals surface area contributed by atoms with E-state index in [2.05, 4.69) is 15.2 Å². The molecule has 1 atom stereocenters. The summed E-state index contributed by atoms with van der Waals surface area (Å²) in [6, 6.07) is 4.57. The molecule has 1 saturated heterocycles. The lowest BCUT2D eigenvalue weighted by Gasteiger charge is -2.17. The molecule has 10 nitrogen and oxygen atoms in total. The third kappa shape index (κ3) is 4.26. The number of carbonyl (C=O) groups is 1. The number of aromatic nitrogens is 4. The molecule has 26 heavy (non-hydrogen) atoms. The lowest BCUT2D eigenvalue weighted by atomic mass is 10.3. The zero-order valence-corrected chi connectivity index (χ0v) is 14.3. The molecule has 0 spiro atoms. The van der Waals surface area contributed by atoms with Crippen molar-refractivity contribution in [2.45, 2.75) is 25.5 Å². The maximum Gasteiger partial charge on any atom is 0.328 e. The van der Waals surface area contributed by atoms with Crippen molar-refractivity contribution in [1.29, 1.82) is 0 Å². The van der Waals surface area contributed by atoms with Crippen LogP contribution in [0.15, 0.2) is 34.0 Å². The summed E-state index contributed by atoms with van der Waals surface area (Å²) in [7, 11) is 1.51. The van der Waals surface area contributed by atoms with Crippen LogP contribution in [0.3, 0.4) is 0 Å². The molecule has 1 unspecified atom stereocenters. The number of carbonyl (C=O) groups excluding carboxylic acids is 1. The van der Waals surface area contributed by atoms with Gasteiger partial charge in [0.25, 0.3) is 5.56 Å². The number of aryl methyl sites for hydroxylation is 1. The molecule has 3 heterocycles. The van der Waals surface area contributed by atoms with Gasteiger partial charge in [-0.15, -0.1) is 10.2 Å². The van der Waals surface area contributed by atoms with Crippen LogP contribution in [-0.4, -0.2) is 56.9 Å². The minimum Gasteiger partial charge on any atom is -0.480 e. The third-order valence-electron chi connectivity index (χ3n) is 4.07. The highest BCUT2D eigenvalue weighted by Gasteiger charge is 2.27. The van der Waals surface area contributed by atoms with Crippen LogP contribution in [-0.2, 0) is 11.3 Å². The molecule has 0 radical (unpaired) electrons. The minimum atomic E-state index is -0.522. The highest BCUT2D eigenvalue weighted by atomic mass is 16.5. The minimum absolute atomic E-state index is 0.0741. The molecular weight excluding hydrogens is 342 g/mol. The highest BCUT2D eigenvalue weighted by molar-refractivity contribution is 5.76. The van der Waals surface area contributed by atoms with Crippen molar-refractivity contribution in [3.8, 4) is 11.8 Å². The van der Waals surface area contributed by atoms with E-state index in [1.807, 2.05) is 0 Å². The molecule has 1 N–H and O–H groups in total. The second kappa shape index (κ2) is 7.81. The summed E-state index contributed by atoms with van der Waals surface area (Å²) in [4.78, 5) is 38.8. The van der Waals surface area contributed by atoms with E-state index in [-0.39, 0.29) is 25.0 Å². The predicted molar refractivity (Wildman–Crippen MR) is 90.1 cm³/mol. The van der Waals surface area contributed by atoms with Gasteiger partial charge in [-0.05, 0) is 0 Å². The second-order valence-electron chi connectivity index (χ2n) is 5.84. The number of ether oxygens (including phenoxy) is 2. The van der Waals surface area contributed by atoms with Crippen molar-refractivity contribution < 1.29 is 14.3 Å². The van der Waals surface area contributed by atoms with Crippen LogP contribution in [0, 0.1) is 0 Å². The van der Waals surface area contributed by atoms with Gasteiger partial charge in [-0.25, -0.2) is 4.79 Å². The Hall–Kier alpha value is -3.17. The van der Waals surface area contributed by atoms with Gasteiger partial charge in [0, 0.05) is 50.3 Å². The van der Waals surface area contributed by atoms with Crippen molar-refractivity contribution in [2.24, 2.45) is 0 Å². The Kier molecular flexibility index (Phi) is 5.30. The van der Waals surface area contributed by atoms with E-state index in [1.165, 1.54) is 23.9 Å². The molecule has 1 aliphatic heterocycles. The summed E-state index contributed by atoms with van der Waals surface area (Å²) in [6.45, 7) is 1.24. The van der Waals surface area contributed by atoms with Crippen molar-refractivity contribution in [3.05, 3.63) is 45.2 Å². The maximum atomic E-state index is 12.3. The van der Waals surface area contributed by atoms with E-state index in [0.717, 1.165) is 0 Å². The smallest absolute Gasteiger partial charge is 0.328 e. The summed E-state index contributed by atoms with van der Waals surface area (Å²) in [6.07, 6.45) is 2.09. The Morgan fingerprint density at radius 1 is 1.27 bits per heavy atom. The van der Waals surface area contributed by atoms with Crippen molar-refractivity contribution in [2.75, 3.05) is 20.2 Å². The summed E-state index contributed by atoms with van der Waals surface area (Å²) in [5, 5.41) is 7.74. The first-order chi connectivity index (χ1) is 12.5. The standard InChI is InChI=1S/C16H19N5O5/c1-25-13-2-3-14(19-18-13)26-11-4-7-21(10-11)15(23)6-9-20-8-5-12(22)17-16(20)24/h2-3,5,8,11H,4,6-7,9-10H2,1H3,(H,17,22,24). The Morgan fingerprint density at radius 2 is 2.04 bits per heavy atom. The normalized spacial score (nSPS) is 16.5. The van der Waals surface area contributed by atoms with Gasteiger partial charge in [-0.1, -0.05) is 0 Å². The molecule has 10 heteroatoms. The van der Waals surface area contributed by atoms with Crippen LogP contribution in [0.5, 0.6) is 11.8 Å². The molecule has 0 saturated carbocycles. The first-order valence-electron chi connectivity index (χ1n) is 8.17. The van der Waals surface area contributed by atoms with Gasteiger partial charge in [0.2, 0.25) is 17.7 Å². The van der Waals surface area contributed by atoms with Crippen molar-refractivity contribution in [1.82, 2.24) is 24.6 Å². The van der Waals surface area contributed by atoms with Crippen LogP contribution in [0.1, 0.15) is 12.8 Å². The summed E-state index contributed by atoms with van der Waals surface area (Å²) >= 11 is 0. The Morgan fingerprint density at radius 3 is 2.73 bits per heavy atom. The van der Waals surface area contributed by atoms with E-state index < -0.39 is 11.2 Å². The van der Waals surface area contributed by atoms with Gasteiger partial charge >= 0.3 is 5.69 Å².